The molecule has 0 radical (unpaired) electrons. The molecular weight excluding hydrogens is 1210 g/mol. The quantitative estimate of drug-likeness (QED) is 0.0211. The van der Waals surface area contributed by atoms with Crippen molar-refractivity contribution < 1.29 is 42.1 Å². The predicted molar refractivity (Wildman–Crippen MR) is 417 cm³/mol. The summed E-state index contributed by atoms with van der Waals surface area (Å²) in [5, 5.41) is 0. The lowest BCUT2D eigenvalue weighted by Crippen LogP contribution is -2.37. The molecule has 0 spiro atoms. The van der Waals surface area contributed by atoms with E-state index in [9.17, 15) is 19.0 Å². The molecular formula is C86H137NO8P+. The molecule has 0 aromatic carbocycles. The van der Waals surface area contributed by atoms with E-state index in [4.69, 9.17) is 18.5 Å². The van der Waals surface area contributed by atoms with E-state index in [0.717, 1.165) is 180 Å². The minimum Gasteiger partial charge on any atom is -0.462 e. The zero-order chi connectivity index (χ0) is 69.7. The number of unbranched alkanes of at least 4 members (excludes halogenated alkanes) is 16. The topological polar surface area (TPSA) is 108 Å². The minimum atomic E-state index is -4.42. The summed E-state index contributed by atoms with van der Waals surface area (Å²) in [5.41, 5.74) is 0. The van der Waals surface area contributed by atoms with Crippen molar-refractivity contribution in [3.63, 3.8) is 0 Å². The Labute approximate surface area is 588 Å². The first-order chi connectivity index (χ1) is 47.0. The van der Waals surface area contributed by atoms with Gasteiger partial charge in [0.15, 0.2) is 6.10 Å². The third-order valence-electron chi connectivity index (χ3n) is 15.0. The van der Waals surface area contributed by atoms with Crippen molar-refractivity contribution >= 4 is 19.8 Å². The Morgan fingerprint density at radius 1 is 0.323 bits per heavy atom. The number of likely N-dealkylation sites (N-methyl/N-ethyl adjacent to an activating group) is 1. The third-order valence-corrected chi connectivity index (χ3v) is 16.0. The molecule has 1 N–H and O–H groups in total. The molecule has 0 saturated carbocycles. The van der Waals surface area contributed by atoms with Crippen LogP contribution in [0.4, 0.5) is 0 Å². The molecule has 0 aromatic rings. The van der Waals surface area contributed by atoms with Crippen molar-refractivity contribution in [1.82, 2.24) is 0 Å². The summed E-state index contributed by atoms with van der Waals surface area (Å²) in [6.07, 6.45) is 118. The van der Waals surface area contributed by atoms with E-state index < -0.39 is 26.5 Å². The Balaban J connectivity index is 4.17. The van der Waals surface area contributed by atoms with E-state index in [1.165, 1.54) is 44.9 Å². The first kappa shape index (κ1) is 90.3. The van der Waals surface area contributed by atoms with Gasteiger partial charge >= 0.3 is 19.8 Å². The van der Waals surface area contributed by atoms with Crippen LogP contribution in [0.25, 0.3) is 0 Å². The fourth-order valence-electron chi connectivity index (χ4n) is 9.35. The van der Waals surface area contributed by atoms with Gasteiger partial charge in [-0.1, -0.05) is 310 Å². The van der Waals surface area contributed by atoms with Crippen molar-refractivity contribution in [1.29, 1.82) is 0 Å². The number of carbonyl (C=O) groups excluding carboxylic acids is 2. The first-order valence-electron chi connectivity index (χ1n) is 37.5. The van der Waals surface area contributed by atoms with Gasteiger partial charge in [0.05, 0.1) is 27.7 Å². The number of phosphoric acid groups is 1. The SMILES string of the molecule is CC/C=C\C/C=C\C/C=C\C/C=C\C/C=C\C/C=C\C/C=C\C/C=C\C/C=C\C/C=C\C/C=C\CCCCCCCC(=O)OC(COC(=O)CCCCCCCCCCCCC/C=C\C/C=C\C/C=C\C/C=C\C/C=C\C/C=C\C/C=C\CC)COP(=O)(O)OCC[N+](C)(C)C. The monoisotopic (exact) mass is 1340 g/mol. The third kappa shape index (κ3) is 77.3. The number of quaternary nitrogens is 1. The zero-order valence-electron chi connectivity index (χ0n) is 61.3. The van der Waals surface area contributed by atoms with Crippen molar-refractivity contribution in [2.75, 3.05) is 47.5 Å². The molecule has 0 aliphatic heterocycles. The van der Waals surface area contributed by atoms with Crippen LogP contribution < -0.4 is 0 Å². The summed E-state index contributed by atoms with van der Waals surface area (Å²) in [4.78, 5) is 35.9. The molecule has 0 aromatic heterocycles. The summed E-state index contributed by atoms with van der Waals surface area (Å²) in [6, 6.07) is 0. The number of esters is 2. The second-order valence-corrected chi connectivity index (χ2v) is 26.7. The Hall–Kier alpha value is -5.67. The second kappa shape index (κ2) is 73.6. The van der Waals surface area contributed by atoms with Crippen molar-refractivity contribution in [2.45, 2.75) is 264 Å². The largest absolute Gasteiger partial charge is 0.472 e. The normalized spacial score (nSPS) is 14.4. The number of rotatable bonds is 66. The van der Waals surface area contributed by atoms with Crippen LogP contribution in [0, 0.1) is 0 Å². The smallest absolute Gasteiger partial charge is 0.462 e. The van der Waals surface area contributed by atoms with Crippen LogP contribution in [0.15, 0.2) is 219 Å². The van der Waals surface area contributed by atoms with Crippen LogP contribution >= 0.6 is 7.82 Å². The number of nitrogens with zero attached hydrogens (tertiary/aromatic N) is 1. The molecule has 9 nitrogen and oxygen atoms in total. The van der Waals surface area contributed by atoms with Crippen LogP contribution in [0.2, 0.25) is 0 Å². The molecule has 538 valence electrons. The highest BCUT2D eigenvalue weighted by Crippen LogP contribution is 2.43. The van der Waals surface area contributed by atoms with Crippen molar-refractivity contribution in [3.05, 3.63) is 219 Å². The lowest BCUT2D eigenvalue weighted by Gasteiger charge is -2.24. The van der Waals surface area contributed by atoms with Gasteiger partial charge in [0.25, 0.3) is 0 Å². The molecule has 0 heterocycles. The molecule has 0 amide bonds. The highest BCUT2D eigenvalue weighted by atomic mass is 31.2. The Morgan fingerprint density at radius 2 is 0.562 bits per heavy atom. The summed E-state index contributed by atoms with van der Waals surface area (Å²) in [6.45, 7) is 4.16. The van der Waals surface area contributed by atoms with Crippen LogP contribution in [-0.4, -0.2) is 74.9 Å². The number of ether oxygens (including phenoxy) is 2. The average Bonchev–Trinajstić information content (AvgIpc) is 1.98. The number of phosphoric ester groups is 1. The highest BCUT2D eigenvalue weighted by Gasteiger charge is 2.27. The molecule has 0 fully saturated rings. The van der Waals surface area contributed by atoms with Crippen LogP contribution in [-0.2, 0) is 32.7 Å². The van der Waals surface area contributed by atoms with Crippen molar-refractivity contribution in [3.8, 4) is 0 Å². The van der Waals surface area contributed by atoms with Gasteiger partial charge in [-0.25, -0.2) is 4.57 Å². The molecule has 0 rings (SSSR count). The van der Waals surface area contributed by atoms with Crippen LogP contribution in [0.1, 0.15) is 258 Å². The predicted octanol–water partition coefficient (Wildman–Crippen LogP) is 25.2. The Bertz CT molecular complexity index is 2430. The Morgan fingerprint density at radius 3 is 0.833 bits per heavy atom. The number of hydrogen-bond donors (Lipinski definition) is 1. The van der Waals surface area contributed by atoms with E-state index in [0.29, 0.717) is 17.4 Å². The first-order valence-corrected chi connectivity index (χ1v) is 39.0. The Kier molecular flexibility index (Phi) is 69.2. The molecule has 0 bridgehead atoms. The van der Waals surface area contributed by atoms with E-state index >= 15 is 0 Å². The summed E-state index contributed by atoms with van der Waals surface area (Å²) < 4.78 is 34.7. The van der Waals surface area contributed by atoms with E-state index in [1.807, 2.05) is 21.1 Å². The summed E-state index contributed by atoms with van der Waals surface area (Å²) >= 11 is 0. The van der Waals surface area contributed by atoms with Gasteiger partial charge in [-0.3, -0.25) is 18.6 Å². The van der Waals surface area contributed by atoms with Gasteiger partial charge in [0.2, 0.25) is 0 Å². The van der Waals surface area contributed by atoms with E-state index in [-0.39, 0.29) is 32.0 Å². The molecule has 0 aliphatic carbocycles. The molecule has 2 unspecified atom stereocenters. The maximum absolute atomic E-state index is 12.9. The summed E-state index contributed by atoms with van der Waals surface area (Å²) in [7, 11) is 1.43. The fourth-order valence-corrected chi connectivity index (χ4v) is 10.1. The molecule has 10 heteroatoms. The lowest BCUT2D eigenvalue weighted by molar-refractivity contribution is -0.870. The van der Waals surface area contributed by atoms with Gasteiger partial charge in [-0.05, 0) is 154 Å². The summed E-state index contributed by atoms with van der Waals surface area (Å²) in [5.74, 6) is -0.837. The van der Waals surface area contributed by atoms with Crippen LogP contribution in [0.5, 0.6) is 0 Å². The zero-order valence-corrected chi connectivity index (χ0v) is 62.2. The van der Waals surface area contributed by atoms with Gasteiger partial charge in [0.1, 0.15) is 19.8 Å². The van der Waals surface area contributed by atoms with Crippen molar-refractivity contribution in [2.24, 2.45) is 0 Å². The fraction of sp³-hybridized carbons (Fsp3) is 0.558. The minimum absolute atomic E-state index is 0.0153. The number of allylic oxidation sites excluding steroid dienone is 36. The lowest BCUT2D eigenvalue weighted by atomic mass is 10.0. The van der Waals surface area contributed by atoms with Gasteiger partial charge in [-0.15, -0.1) is 0 Å². The van der Waals surface area contributed by atoms with Crippen LogP contribution in [0.3, 0.4) is 0 Å². The molecule has 0 aliphatic rings. The maximum Gasteiger partial charge on any atom is 0.472 e. The van der Waals surface area contributed by atoms with Gasteiger partial charge in [-0.2, -0.15) is 0 Å². The van der Waals surface area contributed by atoms with Gasteiger partial charge in [0, 0.05) is 12.8 Å². The molecule has 96 heavy (non-hydrogen) atoms. The molecule has 0 saturated heterocycles. The average molecular weight is 1340 g/mol. The second-order valence-electron chi connectivity index (χ2n) is 25.2. The van der Waals surface area contributed by atoms with E-state index in [1.54, 1.807) is 0 Å². The van der Waals surface area contributed by atoms with E-state index in [2.05, 4.69) is 233 Å². The molecule has 2 atom stereocenters. The highest BCUT2D eigenvalue weighted by molar-refractivity contribution is 7.47. The maximum atomic E-state index is 12.9. The number of hydrogen-bond acceptors (Lipinski definition) is 7. The number of carbonyl (C=O) groups is 2. The standard InChI is InChI=1S/C86H136NO8P/c1-6-8-10-12-14-16-18-20-22-24-26-28-30-32-34-36-38-40-41-42-43-44-45-47-49-51-53-55-57-59-61-63-65-67-69-71-73-75-77-79-86(89)95-84(83-94-96(90,91)93-81-80-87(3,4)5)82-92-85(88)78-76-74-72-70-68-66-64-62-60-58-56-54-52-50-48-46-39-37-35-33-31-29-27-25-23-21-19-17-15-13-11-9-7-2/h8-11,14-17,20-23,26-29,32-35,38-40,42-43,45-47,50-53,57,59,63,65,84H,6-7,12-13,18-19,24-25,30-31,36-37,41,44,48-49,54-56,58,60-62,64,66-83H2,1-5H3/p+1/b10-8-,11-9-,16-14-,17-15-,22-20-,23-21-,28-26-,29-27-,34-32-,35-33-,40-38-,43-42-,46-39-,47-45-,52-50-,53-51-,59-57-,65-63-. The van der Waals surface area contributed by atoms with Gasteiger partial charge < -0.3 is 18.9 Å².